The first-order valence-electron chi connectivity index (χ1n) is 10.5. The van der Waals surface area contributed by atoms with E-state index in [9.17, 15) is 9.59 Å². The molecule has 0 spiro atoms. The van der Waals surface area contributed by atoms with E-state index in [0.717, 1.165) is 30.1 Å². The highest BCUT2D eigenvalue weighted by molar-refractivity contribution is 7.10. The molecule has 7 heteroatoms. The molecule has 0 radical (unpaired) electrons. The molecule has 1 aliphatic heterocycles. The number of rotatable bonds is 10. The lowest BCUT2D eigenvalue weighted by Crippen LogP contribution is -2.48. The van der Waals surface area contributed by atoms with Crippen molar-refractivity contribution in [3.63, 3.8) is 0 Å². The van der Waals surface area contributed by atoms with Gasteiger partial charge in [-0.25, -0.2) is 0 Å². The van der Waals surface area contributed by atoms with Gasteiger partial charge < -0.3 is 19.9 Å². The van der Waals surface area contributed by atoms with Gasteiger partial charge >= 0.3 is 0 Å². The van der Waals surface area contributed by atoms with Gasteiger partial charge in [-0.1, -0.05) is 38.1 Å². The maximum atomic E-state index is 13.5. The normalized spacial score (nSPS) is 18.5. The van der Waals surface area contributed by atoms with Crippen molar-refractivity contribution in [1.29, 1.82) is 0 Å². The minimum absolute atomic E-state index is 0.0390. The second kappa shape index (κ2) is 10.7. The monoisotopic (exact) mass is 429 g/mol. The molecule has 6 nitrogen and oxygen atoms in total. The van der Waals surface area contributed by atoms with Crippen molar-refractivity contribution in [3.8, 4) is 0 Å². The van der Waals surface area contributed by atoms with Gasteiger partial charge in [0.15, 0.2) is 0 Å². The summed E-state index contributed by atoms with van der Waals surface area (Å²) >= 11 is 1.58. The van der Waals surface area contributed by atoms with Crippen LogP contribution in [0.2, 0.25) is 0 Å². The molecule has 0 bridgehead atoms. The van der Waals surface area contributed by atoms with Crippen molar-refractivity contribution >= 4 is 23.2 Å². The number of thiophene rings is 1. The van der Waals surface area contributed by atoms with Crippen LogP contribution in [0.4, 0.5) is 0 Å². The quantitative estimate of drug-likeness (QED) is 0.630. The largest absolute Gasteiger partial charge is 0.383 e. The standard InChI is InChI=1S/C23H31N3O3S/c1-4-25(5-2)13-12-24-22(27)20-17-9-6-7-10-18(17)23(28)26(14-15-29-3)21(20)19-11-8-16-30-19/h6-11,16,20-21H,4-5,12-15H2,1-3H3,(H,24,27)/t20-,21+/m1/s1. The third-order valence-corrected chi connectivity index (χ3v) is 6.66. The van der Waals surface area contributed by atoms with E-state index >= 15 is 0 Å². The Balaban J connectivity index is 1.94. The summed E-state index contributed by atoms with van der Waals surface area (Å²) < 4.78 is 5.26. The van der Waals surface area contributed by atoms with E-state index < -0.39 is 5.92 Å². The van der Waals surface area contributed by atoms with Crippen LogP contribution in [0.1, 0.15) is 46.6 Å². The summed E-state index contributed by atoms with van der Waals surface area (Å²) in [4.78, 5) is 31.9. The molecule has 2 amide bonds. The fourth-order valence-corrected chi connectivity index (χ4v) is 4.95. The summed E-state index contributed by atoms with van der Waals surface area (Å²) in [5.74, 6) is -0.540. The molecule has 30 heavy (non-hydrogen) atoms. The lowest BCUT2D eigenvalue weighted by molar-refractivity contribution is -0.124. The summed E-state index contributed by atoms with van der Waals surface area (Å²) in [6, 6.07) is 11.1. The van der Waals surface area contributed by atoms with Crippen LogP contribution in [0.25, 0.3) is 0 Å². The molecule has 1 aliphatic rings. The van der Waals surface area contributed by atoms with Crippen molar-refractivity contribution < 1.29 is 14.3 Å². The molecule has 2 atom stereocenters. The molecule has 1 aromatic carbocycles. The number of fused-ring (bicyclic) bond motifs is 1. The molecule has 1 N–H and O–H groups in total. The molecule has 2 heterocycles. The van der Waals surface area contributed by atoms with Crippen molar-refractivity contribution in [3.05, 3.63) is 57.8 Å². The van der Waals surface area contributed by atoms with Crippen molar-refractivity contribution in [2.45, 2.75) is 25.8 Å². The number of hydrogen-bond acceptors (Lipinski definition) is 5. The number of methoxy groups -OCH3 is 1. The summed E-state index contributed by atoms with van der Waals surface area (Å²) in [6.45, 7) is 8.40. The van der Waals surface area contributed by atoms with E-state index in [4.69, 9.17) is 4.74 Å². The zero-order valence-electron chi connectivity index (χ0n) is 18.0. The lowest BCUT2D eigenvalue weighted by Gasteiger charge is -2.41. The van der Waals surface area contributed by atoms with Crippen LogP contribution in [-0.2, 0) is 9.53 Å². The second-order valence-electron chi connectivity index (χ2n) is 7.33. The van der Waals surface area contributed by atoms with E-state index in [0.29, 0.717) is 25.3 Å². The smallest absolute Gasteiger partial charge is 0.254 e. The number of ether oxygens (including phenoxy) is 1. The Morgan fingerprint density at radius 3 is 2.63 bits per heavy atom. The fourth-order valence-electron chi connectivity index (χ4n) is 4.07. The van der Waals surface area contributed by atoms with Crippen molar-refractivity contribution in [2.24, 2.45) is 0 Å². The zero-order chi connectivity index (χ0) is 21.5. The fraction of sp³-hybridized carbons (Fsp3) is 0.478. The molecule has 3 rings (SSSR count). The van der Waals surface area contributed by atoms with Crippen LogP contribution in [0.15, 0.2) is 41.8 Å². The second-order valence-corrected chi connectivity index (χ2v) is 8.31. The molecule has 0 saturated heterocycles. The number of likely N-dealkylation sites (N-methyl/N-ethyl adjacent to an activating group) is 1. The predicted molar refractivity (Wildman–Crippen MR) is 120 cm³/mol. The van der Waals surface area contributed by atoms with Gasteiger partial charge in [0.2, 0.25) is 5.91 Å². The minimum atomic E-state index is -0.453. The predicted octanol–water partition coefficient (Wildman–Crippen LogP) is 3.13. The topological polar surface area (TPSA) is 61.9 Å². The Bertz CT molecular complexity index is 836. The number of carbonyl (C=O) groups is 2. The Morgan fingerprint density at radius 1 is 1.20 bits per heavy atom. The lowest BCUT2D eigenvalue weighted by atomic mass is 9.81. The van der Waals surface area contributed by atoms with Gasteiger partial charge in [-0.3, -0.25) is 9.59 Å². The maximum Gasteiger partial charge on any atom is 0.254 e. The summed E-state index contributed by atoms with van der Waals surface area (Å²) in [7, 11) is 1.62. The summed E-state index contributed by atoms with van der Waals surface area (Å²) in [5, 5.41) is 5.12. The first-order chi connectivity index (χ1) is 14.6. The van der Waals surface area contributed by atoms with Crippen LogP contribution in [0.5, 0.6) is 0 Å². The molecule has 0 aliphatic carbocycles. The Labute approximate surface area is 182 Å². The molecule has 2 aromatic rings. The molecule has 1 aromatic heterocycles. The van der Waals surface area contributed by atoms with E-state index in [1.165, 1.54) is 0 Å². The third-order valence-electron chi connectivity index (χ3n) is 5.71. The van der Waals surface area contributed by atoms with Gasteiger partial charge in [0.25, 0.3) is 5.91 Å². The van der Waals surface area contributed by atoms with E-state index in [1.54, 1.807) is 23.3 Å². The summed E-state index contributed by atoms with van der Waals surface area (Å²) in [6.07, 6.45) is 0. The average Bonchev–Trinajstić information content (AvgIpc) is 3.30. The minimum Gasteiger partial charge on any atom is -0.383 e. The van der Waals surface area contributed by atoms with Crippen molar-refractivity contribution in [1.82, 2.24) is 15.1 Å². The molecule has 162 valence electrons. The number of carbonyl (C=O) groups excluding carboxylic acids is 2. The zero-order valence-corrected chi connectivity index (χ0v) is 18.8. The highest BCUT2D eigenvalue weighted by Gasteiger charge is 2.44. The molecule has 0 saturated carbocycles. The molecule has 0 unspecified atom stereocenters. The van der Waals surface area contributed by atoms with Gasteiger partial charge in [-0.2, -0.15) is 0 Å². The van der Waals surface area contributed by atoms with Gasteiger partial charge in [0.05, 0.1) is 18.6 Å². The number of amides is 2. The number of benzene rings is 1. The Morgan fingerprint density at radius 2 is 1.97 bits per heavy atom. The van der Waals surface area contributed by atoms with Crippen LogP contribution < -0.4 is 5.32 Å². The highest BCUT2D eigenvalue weighted by Crippen LogP contribution is 2.44. The van der Waals surface area contributed by atoms with Crippen LogP contribution in [0, 0.1) is 0 Å². The van der Waals surface area contributed by atoms with Crippen LogP contribution >= 0.6 is 11.3 Å². The van der Waals surface area contributed by atoms with Gasteiger partial charge in [-0.05, 0) is 36.2 Å². The highest BCUT2D eigenvalue weighted by atomic mass is 32.1. The van der Waals surface area contributed by atoms with E-state index in [2.05, 4.69) is 24.1 Å². The average molecular weight is 430 g/mol. The first kappa shape index (κ1) is 22.5. The first-order valence-corrected chi connectivity index (χ1v) is 11.4. The third kappa shape index (κ3) is 4.74. The Hall–Kier alpha value is -2.22. The van der Waals surface area contributed by atoms with Crippen LogP contribution in [-0.4, -0.2) is 68.1 Å². The molecular weight excluding hydrogens is 398 g/mol. The summed E-state index contributed by atoms with van der Waals surface area (Å²) in [5.41, 5.74) is 1.40. The van der Waals surface area contributed by atoms with E-state index in [1.807, 2.05) is 41.8 Å². The van der Waals surface area contributed by atoms with Gasteiger partial charge in [-0.15, -0.1) is 11.3 Å². The number of nitrogens with zero attached hydrogens (tertiary/aromatic N) is 2. The molecule has 0 fully saturated rings. The van der Waals surface area contributed by atoms with E-state index in [-0.39, 0.29) is 17.9 Å². The number of hydrogen-bond donors (Lipinski definition) is 1. The Kier molecular flexibility index (Phi) is 8.01. The van der Waals surface area contributed by atoms with Gasteiger partial charge in [0, 0.05) is 37.2 Å². The van der Waals surface area contributed by atoms with Crippen molar-refractivity contribution in [2.75, 3.05) is 46.4 Å². The van der Waals surface area contributed by atoms with Gasteiger partial charge in [0.1, 0.15) is 0 Å². The number of nitrogens with one attached hydrogen (secondary N) is 1. The van der Waals surface area contributed by atoms with Crippen LogP contribution in [0.3, 0.4) is 0 Å². The maximum absolute atomic E-state index is 13.5. The SMILES string of the molecule is CCN(CC)CCNC(=O)[C@@H]1c2ccccc2C(=O)N(CCOC)[C@H]1c1cccs1. The molecular formula is C23H31N3O3S.